The van der Waals surface area contributed by atoms with Gasteiger partial charge in [-0.25, -0.2) is 0 Å². The monoisotopic (exact) mass is 160 g/mol. The van der Waals surface area contributed by atoms with Gasteiger partial charge < -0.3 is 0 Å². The summed E-state index contributed by atoms with van der Waals surface area (Å²) in [6.07, 6.45) is 6.45. The minimum absolute atomic E-state index is 0.928. The Labute approximate surface area is 75.0 Å². The minimum atomic E-state index is 0.928. The van der Waals surface area contributed by atoms with Crippen molar-refractivity contribution in [2.75, 3.05) is 0 Å². The zero-order valence-corrected chi connectivity index (χ0v) is 7.98. The lowest BCUT2D eigenvalue weighted by Crippen LogP contribution is -1.87. The second-order valence-corrected chi connectivity index (χ2v) is 3.37. The third-order valence-electron chi connectivity index (χ3n) is 1.94. The molecule has 64 valence electrons. The summed E-state index contributed by atoms with van der Waals surface area (Å²) in [6, 6.07) is 0. The van der Waals surface area contributed by atoms with Gasteiger partial charge in [0.1, 0.15) is 0 Å². The molecular formula is C12H16. The fraction of sp³-hybridized carbons (Fsp3) is 0.333. The van der Waals surface area contributed by atoms with Gasteiger partial charge in [-0.15, -0.1) is 0 Å². The molecule has 0 heteroatoms. The standard InChI is InChI=1S/C12H16/c1-5-12(11-6-7-11)10(4)8-9(2)3/h5-6H,2,4,7-8H2,1,3H3/b12-5-. The van der Waals surface area contributed by atoms with Gasteiger partial charge >= 0.3 is 0 Å². The molecule has 1 aliphatic carbocycles. The summed E-state index contributed by atoms with van der Waals surface area (Å²) in [7, 11) is 0. The summed E-state index contributed by atoms with van der Waals surface area (Å²) in [5.41, 5.74) is 5.16. The Morgan fingerprint density at radius 1 is 1.58 bits per heavy atom. The Hall–Kier alpha value is -1.04. The lowest BCUT2D eigenvalue weighted by molar-refractivity contribution is 1.14. The van der Waals surface area contributed by atoms with E-state index in [-0.39, 0.29) is 0 Å². The van der Waals surface area contributed by atoms with Gasteiger partial charge in [0.25, 0.3) is 0 Å². The van der Waals surface area contributed by atoms with E-state index in [1.807, 2.05) is 6.92 Å². The molecule has 0 radical (unpaired) electrons. The van der Waals surface area contributed by atoms with Crippen LogP contribution in [0.15, 0.2) is 47.6 Å². The number of hydrogen-bond acceptors (Lipinski definition) is 0. The maximum absolute atomic E-state index is 4.06. The smallest absolute Gasteiger partial charge is 0.00725 e. The van der Waals surface area contributed by atoms with Crippen molar-refractivity contribution >= 4 is 0 Å². The highest BCUT2D eigenvalue weighted by atomic mass is 14.2. The Morgan fingerprint density at radius 3 is 2.50 bits per heavy atom. The van der Waals surface area contributed by atoms with Crippen LogP contribution in [0.2, 0.25) is 0 Å². The van der Waals surface area contributed by atoms with Gasteiger partial charge in [-0.05, 0) is 43.4 Å². The molecule has 0 amide bonds. The maximum atomic E-state index is 4.06. The predicted molar refractivity (Wildman–Crippen MR) is 55.0 cm³/mol. The first-order valence-electron chi connectivity index (χ1n) is 4.33. The van der Waals surface area contributed by atoms with Gasteiger partial charge in [-0.3, -0.25) is 0 Å². The van der Waals surface area contributed by atoms with Crippen LogP contribution in [0, 0.1) is 0 Å². The van der Waals surface area contributed by atoms with Gasteiger partial charge in [0.2, 0.25) is 0 Å². The molecule has 1 aliphatic rings. The molecule has 0 bridgehead atoms. The molecule has 12 heavy (non-hydrogen) atoms. The molecule has 0 nitrogen and oxygen atoms in total. The minimum Gasteiger partial charge on any atom is -0.0998 e. The van der Waals surface area contributed by atoms with Crippen LogP contribution < -0.4 is 0 Å². The molecule has 0 heterocycles. The normalized spacial score (nSPS) is 15.5. The van der Waals surface area contributed by atoms with Crippen LogP contribution in [0.1, 0.15) is 26.7 Å². The van der Waals surface area contributed by atoms with E-state index < -0.39 is 0 Å². The van der Waals surface area contributed by atoms with Crippen molar-refractivity contribution in [2.45, 2.75) is 26.7 Å². The van der Waals surface area contributed by atoms with Gasteiger partial charge in [-0.2, -0.15) is 0 Å². The third kappa shape index (κ3) is 2.23. The highest BCUT2D eigenvalue weighted by molar-refractivity contribution is 5.53. The molecule has 0 unspecified atom stereocenters. The fourth-order valence-corrected chi connectivity index (χ4v) is 1.35. The van der Waals surface area contributed by atoms with Crippen LogP contribution in [-0.2, 0) is 0 Å². The largest absolute Gasteiger partial charge is 0.0998 e. The fourth-order valence-electron chi connectivity index (χ4n) is 1.35. The number of rotatable bonds is 4. The van der Waals surface area contributed by atoms with E-state index in [2.05, 4.69) is 32.2 Å². The Balaban J connectivity index is 2.61. The van der Waals surface area contributed by atoms with E-state index in [9.17, 15) is 0 Å². The van der Waals surface area contributed by atoms with E-state index in [1.165, 1.54) is 22.3 Å². The van der Waals surface area contributed by atoms with Crippen LogP contribution in [0.5, 0.6) is 0 Å². The summed E-state index contributed by atoms with van der Waals surface area (Å²) >= 11 is 0. The lowest BCUT2D eigenvalue weighted by atomic mass is 9.99. The van der Waals surface area contributed by atoms with Crippen molar-refractivity contribution in [3.05, 3.63) is 47.6 Å². The van der Waals surface area contributed by atoms with Crippen molar-refractivity contribution in [3.8, 4) is 0 Å². The van der Waals surface area contributed by atoms with Crippen LogP contribution in [0.3, 0.4) is 0 Å². The van der Waals surface area contributed by atoms with Gasteiger partial charge in [0.05, 0.1) is 0 Å². The average molecular weight is 160 g/mol. The van der Waals surface area contributed by atoms with Crippen LogP contribution >= 0.6 is 0 Å². The molecule has 0 atom stereocenters. The highest BCUT2D eigenvalue weighted by Gasteiger charge is 2.14. The quantitative estimate of drug-likeness (QED) is 0.433. The molecule has 0 aromatic rings. The average Bonchev–Trinajstić information content (AvgIpc) is 2.70. The molecule has 0 aromatic heterocycles. The van der Waals surface area contributed by atoms with Crippen LogP contribution in [-0.4, -0.2) is 0 Å². The molecule has 0 fully saturated rings. The molecule has 0 spiro atoms. The predicted octanol–water partition coefficient (Wildman–Crippen LogP) is 3.79. The first kappa shape index (κ1) is 9.05. The Kier molecular flexibility index (Phi) is 2.69. The van der Waals surface area contributed by atoms with E-state index in [4.69, 9.17) is 0 Å². The molecule has 0 saturated carbocycles. The van der Waals surface area contributed by atoms with Crippen molar-refractivity contribution in [2.24, 2.45) is 0 Å². The summed E-state index contributed by atoms with van der Waals surface area (Å²) in [5, 5.41) is 0. The third-order valence-corrected chi connectivity index (χ3v) is 1.94. The first-order chi connectivity index (χ1) is 5.65. The van der Waals surface area contributed by atoms with Crippen LogP contribution in [0.25, 0.3) is 0 Å². The Bertz CT molecular complexity index is 274. The summed E-state index contributed by atoms with van der Waals surface area (Å²) in [4.78, 5) is 0. The summed E-state index contributed by atoms with van der Waals surface area (Å²) in [6.45, 7) is 12.1. The second-order valence-electron chi connectivity index (χ2n) is 3.37. The molecule has 0 saturated heterocycles. The molecule has 1 rings (SSSR count). The topological polar surface area (TPSA) is 0 Å². The zero-order valence-electron chi connectivity index (χ0n) is 7.98. The SMILES string of the molecule is C=C(C)CC(=C)/C(=C/C)C1=CC1. The van der Waals surface area contributed by atoms with Crippen LogP contribution in [0.4, 0.5) is 0 Å². The van der Waals surface area contributed by atoms with E-state index in [0.717, 1.165) is 12.8 Å². The molecule has 0 aromatic carbocycles. The Morgan fingerprint density at radius 2 is 2.17 bits per heavy atom. The van der Waals surface area contributed by atoms with Crippen molar-refractivity contribution in [1.29, 1.82) is 0 Å². The van der Waals surface area contributed by atoms with E-state index in [0.29, 0.717) is 0 Å². The van der Waals surface area contributed by atoms with E-state index >= 15 is 0 Å². The van der Waals surface area contributed by atoms with Crippen molar-refractivity contribution in [3.63, 3.8) is 0 Å². The van der Waals surface area contributed by atoms with Crippen molar-refractivity contribution in [1.82, 2.24) is 0 Å². The molecule has 0 aliphatic heterocycles. The highest BCUT2D eigenvalue weighted by Crippen LogP contribution is 2.33. The summed E-state index contributed by atoms with van der Waals surface area (Å²) < 4.78 is 0. The summed E-state index contributed by atoms with van der Waals surface area (Å²) in [5.74, 6) is 0. The van der Waals surface area contributed by atoms with Gasteiger partial charge in [0.15, 0.2) is 0 Å². The van der Waals surface area contributed by atoms with E-state index in [1.54, 1.807) is 0 Å². The molecular weight excluding hydrogens is 144 g/mol. The zero-order chi connectivity index (χ0) is 9.14. The first-order valence-corrected chi connectivity index (χ1v) is 4.33. The van der Waals surface area contributed by atoms with Gasteiger partial charge in [-0.1, -0.05) is 30.9 Å². The second kappa shape index (κ2) is 3.57. The maximum Gasteiger partial charge on any atom is -0.00725 e. The van der Waals surface area contributed by atoms with Crippen molar-refractivity contribution < 1.29 is 0 Å². The molecule has 0 N–H and O–H groups in total. The number of hydrogen-bond donors (Lipinski definition) is 0. The lowest BCUT2D eigenvalue weighted by Gasteiger charge is -2.06. The number of allylic oxidation sites excluding steroid dienone is 6. The van der Waals surface area contributed by atoms with Gasteiger partial charge in [0, 0.05) is 0 Å².